The Labute approximate surface area is 141 Å². The number of hydrogen-bond donors (Lipinski definition) is 1. The Balaban J connectivity index is 2.21. The highest BCUT2D eigenvalue weighted by Crippen LogP contribution is 2.33. The molecule has 0 saturated heterocycles. The molecule has 0 radical (unpaired) electrons. The maximum atomic E-state index is 6.04. The third-order valence-corrected chi connectivity index (χ3v) is 4.02. The molecule has 2 rings (SSSR count). The molecule has 20 heavy (non-hydrogen) atoms. The van der Waals surface area contributed by atoms with Crippen LogP contribution in [-0.4, -0.2) is 6.21 Å². The molecule has 0 aliphatic carbocycles. The van der Waals surface area contributed by atoms with Gasteiger partial charge in [-0.2, -0.15) is 5.10 Å². The van der Waals surface area contributed by atoms with Crippen LogP contribution in [0, 0.1) is 0 Å². The fourth-order valence-electron chi connectivity index (χ4n) is 1.44. The Hall–Kier alpha value is -0.640. The average Bonchev–Trinajstić information content (AvgIpc) is 2.37. The van der Waals surface area contributed by atoms with Gasteiger partial charge in [0.2, 0.25) is 0 Å². The largest absolute Gasteiger partial charge is 0.275 e. The van der Waals surface area contributed by atoms with Gasteiger partial charge >= 0.3 is 0 Å². The van der Waals surface area contributed by atoms with Gasteiger partial charge in [-0.15, -0.1) is 0 Å². The summed E-state index contributed by atoms with van der Waals surface area (Å²) in [6.45, 7) is 0. The topological polar surface area (TPSA) is 24.4 Å². The first-order valence-corrected chi connectivity index (χ1v) is 7.25. The fourth-order valence-corrected chi connectivity index (χ4v) is 2.69. The van der Waals surface area contributed by atoms with Crippen molar-refractivity contribution >= 4 is 69.9 Å². The Morgan fingerprint density at radius 2 is 1.55 bits per heavy atom. The first-order chi connectivity index (χ1) is 9.49. The molecule has 2 nitrogen and oxygen atoms in total. The van der Waals surface area contributed by atoms with E-state index in [9.17, 15) is 0 Å². The smallest absolute Gasteiger partial charge is 0.0935 e. The molecule has 2 aromatic rings. The summed E-state index contributed by atoms with van der Waals surface area (Å²) >= 11 is 29.8. The van der Waals surface area contributed by atoms with E-state index < -0.39 is 0 Å². The summed E-state index contributed by atoms with van der Waals surface area (Å²) in [5, 5.41) is 6.11. The zero-order valence-corrected chi connectivity index (χ0v) is 13.6. The molecule has 0 fully saturated rings. The van der Waals surface area contributed by atoms with Crippen LogP contribution in [-0.2, 0) is 0 Å². The number of hydrogen-bond acceptors (Lipinski definition) is 2. The number of hydrazone groups is 1. The van der Waals surface area contributed by atoms with Gasteiger partial charge < -0.3 is 0 Å². The summed E-state index contributed by atoms with van der Waals surface area (Å²) in [5.74, 6) is 0. The Morgan fingerprint density at radius 3 is 2.20 bits per heavy atom. The summed E-state index contributed by atoms with van der Waals surface area (Å²) in [4.78, 5) is 0. The second-order valence-corrected chi connectivity index (χ2v) is 5.79. The second-order valence-electron chi connectivity index (χ2n) is 3.76. The second kappa shape index (κ2) is 6.88. The Morgan fingerprint density at radius 1 is 0.900 bits per heavy atom. The molecule has 7 heteroatoms. The zero-order chi connectivity index (χ0) is 14.7. The van der Waals surface area contributed by atoms with Crippen molar-refractivity contribution in [2.24, 2.45) is 5.10 Å². The van der Waals surface area contributed by atoms with Crippen LogP contribution in [0.4, 0.5) is 5.69 Å². The minimum Gasteiger partial charge on any atom is -0.275 e. The van der Waals surface area contributed by atoms with Crippen LogP contribution in [0.5, 0.6) is 0 Å². The molecule has 0 heterocycles. The highest BCUT2D eigenvalue weighted by atomic mass is 35.5. The van der Waals surface area contributed by atoms with E-state index in [2.05, 4.69) is 10.5 Å². The van der Waals surface area contributed by atoms with Crippen LogP contribution in [0.2, 0.25) is 25.1 Å². The van der Waals surface area contributed by atoms with Gasteiger partial charge in [-0.1, -0.05) is 70.1 Å². The van der Waals surface area contributed by atoms with Crippen molar-refractivity contribution in [1.29, 1.82) is 0 Å². The molecule has 0 bridgehead atoms. The van der Waals surface area contributed by atoms with Gasteiger partial charge in [0.05, 0.1) is 32.0 Å². The van der Waals surface area contributed by atoms with Gasteiger partial charge in [-0.05, 0) is 18.2 Å². The van der Waals surface area contributed by atoms with E-state index in [1.807, 2.05) is 0 Å². The molecule has 0 spiro atoms. The van der Waals surface area contributed by atoms with Gasteiger partial charge in [-0.25, -0.2) is 0 Å². The maximum Gasteiger partial charge on any atom is 0.0935 e. The predicted molar refractivity (Wildman–Crippen MR) is 89.2 cm³/mol. The highest BCUT2D eigenvalue weighted by molar-refractivity contribution is 6.43. The minimum absolute atomic E-state index is 0.372. The van der Waals surface area contributed by atoms with E-state index in [1.165, 1.54) is 6.21 Å². The third-order valence-electron chi connectivity index (χ3n) is 2.37. The molecule has 0 aliphatic heterocycles. The lowest BCUT2D eigenvalue weighted by molar-refractivity contribution is 1.35. The number of benzene rings is 2. The van der Waals surface area contributed by atoms with Crippen molar-refractivity contribution in [2.45, 2.75) is 0 Å². The fraction of sp³-hybridized carbons (Fsp3) is 0. The third kappa shape index (κ3) is 3.72. The van der Waals surface area contributed by atoms with Gasteiger partial charge in [0, 0.05) is 10.6 Å². The summed E-state index contributed by atoms with van der Waals surface area (Å²) in [6.07, 6.45) is 1.52. The number of halogens is 5. The van der Waals surface area contributed by atoms with Crippen LogP contribution >= 0.6 is 58.0 Å². The molecule has 1 N–H and O–H groups in total. The van der Waals surface area contributed by atoms with Crippen LogP contribution in [0.15, 0.2) is 35.4 Å². The SMILES string of the molecule is Clc1cc(Cl)c(N/N=C\c2cccc(Cl)c2Cl)c(Cl)c1. The lowest BCUT2D eigenvalue weighted by Crippen LogP contribution is -1.93. The van der Waals surface area contributed by atoms with Crippen molar-refractivity contribution in [3.05, 3.63) is 61.0 Å². The molecule has 0 unspecified atom stereocenters. The highest BCUT2D eigenvalue weighted by Gasteiger charge is 2.07. The quantitative estimate of drug-likeness (QED) is 0.492. The van der Waals surface area contributed by atoms with E-state index in [0.29, 0.717) is 36.4 Å². The van der Waals surface area contributed by atoms with Gasteiger partial charge in [0.1, 0.15) is 0 Å². The van der Waals surface area contributed by atoms with Crippen molar-refractivity contribution in [3.63, 3.8) is 0 Å². The number of anilines is 1. The predicted octanol–water partition coefficient (Wildman–Crippen LogP) is 6.40. The maximum absolute atomic E-state index is 6.04. The van der Waals surface area contributed by atoms with E-state index in [1.54, 1.807) is 30.3 Å². The van der Waals surface area contributed by atoms with Gasteiger partial charge in [0.15, 0.2) is 0 Å². The normalized spacial score (nSPS) is 11.1. The number of rotatable bonds is 3. The summed E-state index contributed by atoms with van der Waals surface area (Å²) in [5.41, 5.74) is 3.89. The molecule has 0 atom stereocenters. The first kappa shape index (κ1) is 15.7. The summed E-state index contributed by atoms with van der Waals surface area (Å²) in [6, 6.07) is 8.39. The molecular weight excluding hydrogens is 361 g/mol. The van der Waals surface area contributed by atoms with Crippen molar-refractivity contribution in [3.8, 4) is 0 Å². The van der Waals surface area contributed by atoms with Gasteiger partial charge in [0.25, 0.3) is 0 Å². The standard InChI is InChI=1S/C13H7Cl5N2/c14-8-4-10(16)13(11(17)5-8)20-19-6-7-2-1-3-9(15)12(7)18/h1-6,20H/b19-6-. The summed E-state index contributed by atoms with van der Waals surface area (Å²) < 4.78 is 0. The Bertz CT molecular complexity index is 647. The number of nitrogens with one attached hydrogen (secondary N) is 1. The zero-order valence-electron chi connectivity index (χ0n) is 9.80. The van der Waals surface area contributed by atoms with Crippen LogP contribution < -0.4 is 5.43 Å². The molecule has 2 aromatic carbocycles. The minimum atomic E-state index is 0.372. The average molecular weight is 368 g/mol. The van der Waals surface area contributed by atoms with E-state index in [4.69, 9.17) is 58.0 Å². The van der Waals surface area contributed by atoms with Gasteiger partial charge in [-0.3, -0.25) is 5.43 Å². The molecule has 0 saturated carbocycles. The van der Waals surface area contributed by atoms with Crippen molar-refractivity contribution < 1.29 is 0 Å². The molecule has 0 aromatic heterocycles. The van der Waals surface area contributed by atoms with Crippen molar-refractivity contribution in [1.82, 2.24) is 0 Å². The molecule has 104 valence electrons. The van der Waals surface area contributed by atoms with E-state index >= 15 is 0 Å². The molecule has 0 aliphatic rings. The lowest BCUT2D eigenvalue weighted by atomic mass is 10.2. The summed E-state index contributed by atoms with van der Waals surface area (Å²) in [7, 11) is 0. The van der Waals surface area contributed by atoms with Crippen LogP contribution in [0.1, 0.15) is 5.56 Å². The van der Waals surface area contributed by atoms with Crippen LogP contribution in [0.25, 0.3) is 0 Å². The lowest BCUT2D eigenvalue weighted by Gasteiger charge is -2.06. The number of nitrogens with zero attached hydrogens (tertiary/aromatic N) is 1. The molecule has 0 amide bonds. The van der Waals surface area contributed by atoms with E-state index in [-0.39, 0.29) is 0 Å². The van der Waals surface area contributed by atoms with Crippen molar-refractivity contribution in [2.75, 3.05) is 5.43 Å². The first-order valence-electron chi connectivity index (χ1n) is 5.36. The molecular formula is C13H7Cl5N2. The van der Waals surface area contributed by atoms with Crippen LogP contribution in [0.3, 0.4) is 0 Å². The van der Waals surface area contributed by atoms with E-state index in [0.717, 1.165) is 0 Å². The monoisotopic (exact) mass is 366 g/mol. The Kier molecular flexibility index (Phi) is 5.42.